The van der Waals surface area contributed by atoms with Crippen molar-refractivity contribution < 1.29 is 4.74 Å². The Balaban J connectivity index is 1.67. The molecule has 0 atom stereocenters. The molecule has 102 valence electrons. The minimum atomic E-state index is 0.584. The van der Waals surface area contributed by atoms with Gasteiger partial charge in [-0.3, -0.25) is 0 Å². The van der Waals surface area contributed by atoms with Crippen LogP contribution in [0.5, 0.6) is 5.75 Å². The van der Waals surface area contributed by atoms with Gasteiger partial charge in [0.25, 0.3) is 0 Å². The lowest BCUT2D eigenvalue weighted by molar-refractivity contribution is 0.317. The largest absolute Gasteiger partial charge is 0.493 e. The molecule has 1 aromatic carbocycles. The molecule has 0 saturated carbocycles. The van der Waals surface area contributed by atoms with Gasteiger partial charge in [0.05, 0.1) is 6.61 Å². The number of nitrogens with zero attached hydrogens (tertiary/aromatic N) is 3. The maximum absolute atomic E-state index is 5.77. The highest BCUT2D eigenvalue weighted by molar-refractivity contribution is 5.38. The van der Waals surface area contributed by atoms with Crippen LogP contribution in [0.25, 0.3) is 5.65 Å². The summed E-state index contributed by atoms with van der Waals surface area (Å²) in [6.45, 7) is 4.67. The monoisotopic (exact) mass is 267 g/mol. The Morgan fingerprint density at radius 3 is 2.80 bits per heavy atom. The fourth-order valence-corrected chi connectivity index (χ4v) is 2.11. The van der Waals surface area contributed by atoms with Crippen molar-refractivity contribution in [1.82, 2.24) is 14.6 Å². The number of benzene rings is 1. The van der Waals surface area contributed by atoms with Gasteiger partial charge >= 0.3 is 0 Å². The number of para-hydroxylation sites is 1. The SMILES string of the molecule is Cc1ccc2nc(CCOc3ccccc3C)nn2c1. The first-order valence-corrected chi connectivity index (χ1v) is 6.73. The smallest absolute Gasteiger partial charge is 0.155 e. The fourth-order valence-electron chi connectivity index (χ4n) is 2.11. The molecule has 3 rings (SSSR count). The number of aromatic nitrogens is 3. The van der Waals surface area contributed by atoms with E-state index in [4.69, 9.17) is 4.74 Å². The second kappa shape index (κ2) is 5.33. The molecule has 0 aliphatic carbocycles. The van der Waals surface area contributed by atoms with Gasteiger partial charge in [-0.05, 0) is 37.1 Å². The van der Waals surface area contributed by atoms with Gasteiger partial charge in [0, 0.05) is 12.6 Å². The molecule has 4 heteroatoms. The fraction of sp³-hybridized carbons (Fsp3) is 0.250. The zero-order valence-corrected chi connectivity index (χ0v) is 11.7. The Labute approximate surface area is 118 Å². The Kier molecular flexibility index (Phi) is 3.37. The zero-order chi connectivity index (χ0) is 13.9. The number of hydrogen-bond donors (Lipinski definition) is 0. The molecule has 0 radical (unpaired) electrons. The lowest BCUT2D eigenvalue weighted by Crippen LogP contribution is -2.03. The zero-order valence-electron chi connectivity index (χ0n) is 11.7. The van der Waals surface area contributed by atoms with Crippen molar-refractivity contribution in [1.29, 1.82) is 0 Å². The molecule has 0 unspecified atom stereocenters. The van der Waals surface area contributed by atoms with Crippen LogP contribution in [0, 0.1) is 13.8 Å². The molecule has 0 aliphatic heterocycles. The van der Waals surface area contributed by atoms with E-state index in [0.717, 1.165) is 22.8 Å². The summed E-state index contributed by atoms with van der Waals surface area (Å²) >= 11 is 0. The van der Waals surface area contributed by atoms with Crippen LogP contribution in [0.15, 0.2) is 42.6 Å². The van der Waals surface area contributed by atoms with Gasteiger partial charge < -0.3 is 4.74 Å². The number of rotatable bonds is 4. The molecule has 0 N–H and O–H groups in total. The van der Waals surface area contributed by atoms with Crippen LogP contribution >= 0.6 is 0 Å². The third-order valence-electron chi connectivity index (χ3n) is 3.20. The molecule has 0 aliphatic rings. The van der Waals surface area contributed by atoms with Crippen molar-refractivity contribution in [3.8, 4) is 5.75 Å². The van der Waals surface area contributed by atoms with Crippen molar-refractivity contribution in [3.05, 3.63) is 59.5 Å². The van der Waals surface area contributed by atoms with E-state index in [-0.39, 0.29) is 0 Å². The molecule has 0 amide bonds. The first kappa shape index (κ1) is 12.7. The van der Waals surface area contributed by atoms with Gasteiger partial charge in [-0.25, -0.2) is 9.50 Å². The third kappa shape index (κ3) is 2.64. The van der Waals surface area contributed by atoms with Crippen LogP contribution in [-0.4, -0.2) is 21.2 Å². The Morgan fingerprint density at radius 2 is 1.95 bits per heavy atom. The molecule has 2 aromatic heterocycles. The minimum absolute atomic E-state index is 0.584. The summed E-state index contributed by atoms with van der Waals surface area (Å²) in [4.78, 5) is 4.48. The summed E-state index contributed by atoms with van der Waals surface area (Å²) in [5.41, 5.74) is 3.19. The Hall–Kier alpha value is -2.36. The number of hydrogen-bond acceptors (Lipinski definition) is 3. The lowest BCUT2D eigenvalue weighted by atomic mass is 10.2. The third-order valence-corrected chi connectivity index (χ3v) is 3.20. The van der Waals surface area contributed by atoms with Crippen LogP contribution < -0.4 is 4.74 Å². The summed E-state index contributed by atoms with van der Waals surface area (Å²) in [7, 11) is 0. The van der Waals surface area contributed by atoms with Crippen molar-refractivity contribution in [2.24, 2.45) is 0 Å². The Bertz CT molecular complexity index is 733. The minimum Gasteiger partial charge on any atom is -0.493 e. The molecule has 0 saturated heterocycles. The highest BCUT2D eigenvalue weighted by atomic mass is 16.5. The molecule has 20 heavy (non-hydrogen) atoms. The van der Waals surface area contributed by atoms with E-state index in [9.17, 15) is 0 Å². The van der Waals surface area contributed by atoms with Crippen LogP contribution in [0.2, 0.25) is 0 Å². The van der Waals surface area contributed by atoms with E-state index < -0.39 is 0 Å². The Morgan fingerprint density at radius 1 is 1.10 bits per heavy atom. The highest BCUT2D eigenvalue weighted by Gasteiger charge is 2.04. The maximum atomic E-state index is 5.77. The molecular weight excluding hydrogens is 250 g/mol. The van der Waals surface area contributed by atoms with Gasteiger partial charge in [-0.2, -0.15) is 5.10 Å². The molecular formula is C16H17N3O. The summed E-state index contributed by atoms with van der Waals surface area (Å²) in [6, 6.07) is 12.0. The topological polar surface area (TPSA) is 39.4 Å². The predicted octanol–water partition coefficient (Wildman–Crippen LogP) is 2.97. The van der Waals surface area contributed by atoms with Crippen LogP contribution in [0.3, 0.4) is 0 Å². The average Bonchev–Trinajstić information content (AvgIpc) is 2.83. The standard InChI is InChI=1S/C16H17N3O/c1-12-7-8-16-17-15(18-19(16)11-12)9-10-20-14-6-4-3-5-13(14)2/h3-8,11H,9-10H2,1-2H3. The van der Waals surface area contributed by atoms with Crippen molar-refractivity contribution in [3.63, 3.8) is 0 Å². The van der Waals surface area contributed by atoms with Gasteiger partial charge in [0.2, 0.25) is 0 Å². The molecule has 0 bridgehead atoms. The van der Waals surface area contributed by atoms with Gasteiger partial charge in [-0.15, -0.1) is 0 Å². The lowest BCUT2D eigenvalue weighted by Gasteiger charge is -2.06. The predicted molar refractivity (Wildman–Crippen MR) is 78.1 cm³/mol. The average molecular weight is 267 g/mol. The van der Waals surface area contributed by atoms with Crippen LogP contribution in [-0.2, 0) is 6.42 Å². The number of ether oxygens (including phenoxy) is 1. The van der Waals surface area contributed by atoms with Crippen molar-refractivity contribution in [2.75, 3.05) is 6.61 Å². The summed E-state index contributed by atoms with van der Waals surface area (Å²) in [5.74, 6) is 1.73. The number of fused-ring (bicyclic) bond motifs is 1. The first-order chi connectivity index (χ1) is 9.72. The van der Waals surface area contributed by atoms with Crippen molar-refractivity contribution >= 4 is 5.65 Å². The molecule has 4 nitrogen and oxygen atoms in total. The summed E-state index contributed by atoms with van der Waals surface area (Å²) in [5, 5.41) is 4.45. The normalized spacial score (nSPS) is 10.9. The highest BCUT2D eigenvalue weighted by Crippen LogP contribution is 2.16. The molecule has 3 aromatic rings. The number of pyridine rings is 1. The van der Waals surface area contributed by atoms with Gasteiger partial charge in [-0.1, -0.05) is 24.3 Å². The quantitative estimate of drug-likeness (QED) is 0.729. The van der Waals surface area contributed by atoms with E-state index in [1.165, 1.54) is 5.56 Å². The molecule has 0 spiro atoms. The maximum Gasteiger partial charge on any atom is 0.155 e. The van der Waals surface area contributed by atoms with E-state index in [1.54, 1.807) is 0 Å². The summed E-state index contributed by atoms with van der Waals surface area (Å²) in [6.07, 6.45) is 2.68. The van der Waals surface area contributed by atoms with Gasteiger partial charge in [0.1, 0.15) is 5.75 Å². The van der Waals surface area contributed by atoms with E-state index in [1.807, 2.05) is 61.0 Å². The second-order valence-corrected chi connectivity index (χ2v) is 4.90. The van der Waals surface area contributed by atoms with Crippen LogP contribution in [0.1, 0.15) is 17.0 Å². The van der Waals surface area contributed by atoms with Crippen LogP contribution in [0.4, 0.5) is 0 Å². The van der Waals surface area contributed by atoms with Crippen molar-refractivity contribution in [2.45, 2.75) is 20.3 Å². The number of aryl methyl sites for hydroxylation is 2. The second-order valence-electron chi connectivity index (χ2n) is 4.90. The van der Waals surface area contributed by atoms with E-state index >= 15 is 0 Å². The van der Waals surface area contributed by atoms with E-state index in [0.29, 0.717) is 13.0 Å². The first-order valence-electron chi connectivity index (χ1n) is 6.73. The van der Waals surface area contributed by atoms with E-state index in [2.05, 4.69) is 10.1 Å². The molecule has 2 heterocycles. The summed E-state index contributed by atoms with van der Waals surface area (Å²) < 4.78 is 7.59. The van der Waals surface area contributed by atoms with Gasteiger partial charge in [0.15, 0.2) is 11.5 Å². The molecule has 0 fully saturated rings.